The smallest absolute Gasteiger partial charge is 0.349 e. The molecule has 35 heavy (non-hydrogen) atoms. The van der Waals surface area contributed by atoms with Crippen LogP contribution in [0.3, 0.4) is 0 Å². The van der Waals surface area contributed by atoms with E-state index in [1.165, 1.54) is 0 Å². The molecule has 0 aliphatic heterocycles. The highest BCUT2D eigenvalue weighted by atomic mass is 35.5. The summed E-state index contributed by atoms with van der Waals surface area (Å²) in [6.07, 6.45) is 1.23. The second-order valence-corrected chi connectivity index (χ2v) is 9.18. The van der Waals surface area contributed by atoms with E-state index in [4.69, 9.17) is 33.7 Å². The van der Waals surface area contributed by atoms with Crippen molar-refractivity contribution in [3.05, 3.63) is 75.0 Å². The second kappa shape index (κ2) is 8.18. The van der Waals surface area contributed by atoms with Crippen molar-refractivity contribution in [3.8, 4) is 5.75 Å². The maximum atomic E-state index is 13.7. The minimum atomic E-state index is -0.731. The Bertz CT molecular complexity index is 1750. The van der Waals surface area contributed by atoms with Crippen LogP contribution in [0, 0.1) is 5.82 Å². The Hall–Kier alpha value is -3.75. The summed E-state index contributed by atoms with van der Waals surface area (Å²) in [6.45, 7) is 0.419. The molecule has 10 heteroatoms. The number of benzene rings is 3. The summed E-state index contributed by atoms with van der Waals surface area (Å²) in [5, 5.41) is 5.13. The molecule has 0 unspecified atom stereocenters. The molecule has 0 aliphatic rings. The predicted octanol–water partition coefficient (Wildman–Crippen LogP) is 6.01. The minimum Gasteiger partial charge on any atom is -0.489 e. The third-order valence-electron chi connectivity index (χ3n) is 6.17. The number of hydrogen-bond donors (Lipinski definition) is 3. The number of aromatic nitrogens is 4. The summed E-state index contributed by atoms with van der Waals surface area (Å²) in [4.78, 5) is 22.4. The van der Waals surface area contributed by atoms with Gasteiger partial charge < -0.3 is 20.4 Å². The van der Waals surface area contributed by atoms with Crippen molar-refractivity contribution in [2.24, 2.45) is 0 Å². The van der Waals surface area contributed by atoms with Crippen molar-refractivity contribution < 1.29 is 9.13 Å². The maximum absolute atomic E-state index is 13.7. The van der Waals surface area contributed by atoms with E-state index in [2.05, 4.69) is 21.0 Å². The highest BCUT2D eigenvalue weighted by molar-refractivity contribution is 6.33. The van der Waals surface area contributed by atoms with Gasteiger partial charge in [0.25, 0.3) is 0 Å². The first-order chi connectivity index (χ1) is 16.9. The number of nitrogens with one attached hydrogen (secondary N) is 2. The van der Waals surface area contributed by atoms with E-state index >= 15 is 0 Å². The van der Waals surface area contributed by atoms with E-state index in [0.717, 1.165) is 54.4 Å². The van der Waals surface area contributed by atoms with E-state index < -0.39 is 11.5 Å². The van der Waals surface area contributed by atoms with Crippen LogP contribution in [0.25, 0.3) is 43.6 Å². The van der Waals surface area contributed by atoms with Gasteiger partial charge in [0.15, 0.2) is 11.6 Å². The number of halogens is 3. The predicted molar refractivity (Wildman–Crippen MR) is 138 cm³/mol. The Balaban J connectivity index is 1.45. The van der Waals surface area contributed by atoms with Gasteiger partial charge in [0, 0.05) is 49.2 Å². The van der Waals surface area contributed by atoms with E-state index in [-0.39, 0.29) is 19.0 Å². The molecule has 7 nitrogen and oxygen atoms in total. The third kappa shape index (κ3) is 3.57. The summed E-state index contributed by atoms with van der Waals surface area (Å²) in [7, 11) is 0. The van der Waals surface area contributed by atoms with Gasteiger partial charge in [-0.25, -0.2) is 9.18 Å². The normalized spacial score (nSPS) is 11.9. The summed E-state index contributed by atoms with van der Waals surface area (Å²) < 4.78 is 21.1. The summed E-state index contributed by atoms with van der Waals surface area (Å²) >= 11 is 12.6. The number of nitrogen functional groups attached to an aromatic ring is 1. The van der Waals surface area contributed by atoms with E-state index in [0.29, 0.717) is 22.2 Å². The first-order valence-electron chi connectivity index (χ1n) is 10.9. The van der Waals surface area contributed by atoms with Crippen molar-refractivity contribution in [1.82, 2.24) is 19.5 Å². The van der Waals surface area contributed by atoms with Crippen LogP contribution in [0.1, 0.15) is 6.42 Å². The maximum Gasteiger partial charge on any atom is 0.349 e. The van der Waals surface area contributed by atoms with Crippen molar-refractivity contribution >= 4 is 72.6 Å². The zero-order chi connectivity index (χ0) is 24.3. The molecule has 3 aromatic carbocycles. The van der Waals surface area contributed by atoms with Crippen LogP contribution in [0.5, 0.6) is 5.75 Å². The Kier molecular flexibility index (Phi) is 5.09. The molecule has 6 rings (SSSR count). The molecule has 3 aromatic heterocycles. The number of rotatable bonds is 5. The van der Waals surface area contributed by atoms with Gasteiger partial charge in [-0.3, -0.25) is 4.57 Å². The molecule has 3 heterocycles. The average molecular weight is 510 g/mol. The molecule has 0 saturated carbocycles. The quantitative estimate of drug-likeness (QED) is 0.247. The molecule has 0 saturated heterocycles. The lowest BCUT2D eigenvalue weighted by atomic mass is 10.1. The van der Waals surface area contributed by atoms with Crippen molar-refractivity contribution in [2.45, 2.75) is 13.0 Å². The molecule has 0 radical (unpaired) electrons. The number of anilines is 1. The number of hydrogen-bond acceptors (Lipinski definition) is 4. The van der Waals surface area contributed by atoms with Crippen LogP contribution in [-0.2, 0) is 6.54 Å². The first-order valence-corrected chi connectivity index (χ1v) is 11.6. The molecule has 0 fully saturated rings. The fraction of sp³-hybridized carbons (Fsp3) is 0.120. The Labute approximate surface area is 207 Å². The highest BCUT2D eigenvalue weighted by Gasteiger charge is 2.18. The largest absolute Gasteiger partial charge is 0.489 e. The van der Waals surface area contributed by atoms with Gasteiger partial charge in [0.1, 0.15) is 5.82 Å². The highest BCUT2D eigenvalue weighted by Crippen LogP contribution is 2.41. The van der Waals surface area contributed by atoms with Gasteiger partial charge >= 0.3 is 5.69 Å². The number of ether oxygens (including phenoxy) is 1. The summed E-state index contributed by atoms with van der Waals surface area (Å²) in [5.41, 5.74) is 8.59. The van der Waals surface area contributed by atoms with Gasteiger partial charge in [-0.05, 0) is 48.9 Å². The van der Waals surface area contributed by atoms with E-state index in [1.54, 1.807) is 0 Å². The fourth-order valence-electron chi connectivity index (χ4n) is 4.53. The summed E-state index contributed by atoms with van der Waals surface area (Å²) in [6, 6.07) is 13.4. The summed E-state index contributed by atoms with van der Waals surface area (Å²) in [5.74, 6) is -0.338. The average Bonchev–Trinajstić information content (AvgIpc) is 3.38. The van der Waals surface area contributed by atoms with Crippen LogP contribution in [-0.4, -0.2) is 26.1 Å². The van der Waals surface area contributed by atoms with Crippen LogP contribution in [0.15, 0.2) is 53.5 Å². The van der Waals surface area contributed by atoms with Crippen LogP contribution in [0.2, 0.25) is 10.0 Å². The van der Waals surface area contributed by atoms with Crippen LogP contribution >= 0.6 is 23.2 Å². The van der Waals surface area contributed by atoms with Gasteiger partial charge in [0.05, 0.1) is 23.8 Å². The molecule has 4 N–H and O–H groups in total. The molecule has 176 valence electrons. The van der Waals surface area contributed by atoms with Crippen molar-refractivity contribution in [3.63, 3.8) is 0 Å². The number of nitrogens with zero attached hydrogens (tertiary/aromatic N) is 2. The number of nitrogens with two attached hydrogens (primary N) is 1. The zero-order valence-corrected chi connectivity index (χ0v) is 19.7. The van der Waals surface area contributed by atoms with E-state index in [9.17, 15) is 9.18 Å². The lowest BCUT2D eigenvalue weighted by molar-refractivity contribution is 0.306. The standard InChI is InChI=1S/C25H18Cl2FN5O2/c26-12-2-4-19-14(8-12)16-10-17-15-9-13(27)3-5-20(15)32-22(17)23(21(16)31-19)35-7-1-6-33-24(29)18(28)11-30-25(33)34/h2-5,8-11,31-32H,1,6-7,29H2. The van der Waals surface area contributed by atoms with Gasteiger partial charge in [-0.2, -0.15) is 4.98 Å². The molecular weight excluding hydrogens is 492 g/mol. The van der Waals surface area contributed by atoms with Crippen LogP contribution < -0.4 is 16.2 Å². The molecule has 0 bridgehead atoms. The number of fused-ring (bicyclic) bond motifs is 6. The molecule has 0 spiro atoms. The van der Waals surface area contributed by atoms with E-state index in [1.807, 2.05) is 36.4 Å². The van der Waals surface area contributed by atoms with Gasteiger partial charge in [-0.1, -0.05) is 23.2 Å². The Morgan fingerprint density at radius 2 is 1.54 bits per heavy atom. The third-order valence-corrected chi connectivity index (χ3v) is 6.64. The van der Waals surface area contributed by atoms with Crippen molar-refractivity contribution in [2.75, 3.05) is 12.3 Å². The Morgan fingerprint density at radius 1 is 0.943 bits per heavy atom. The first kappa shape index (κ1) is 21.8. The second-order valence-electron chi connectivity index (χ2n) is 8.31. The SMILES string of the molecule is Nc1c(F)cnc(=O)n1CCCOc1c2[nH]c3ccc(Cl)cc3c2cc2c1[nH]c1ccc(Cl)cc12. The number of aromatic amines is 2. The lowest BCUT2D eigenvalue weighted by Crippen LogP contribution is -2.27. The molecule has 0 aliphatic carbocycles. The van der Waals surface area contributed by atoms with Crippen LogP contribution in [0.4, 0.5) is 10.2 Å². The minimum absolute atomic E-state index is 0.166. The topological polar surface area (TPSA) is 102 Å². The Morgan fingerprint density at radius 3 is 2.14 bits per heavy atom. The lowest BCUT2D eigenvalue weighted by Gasteiger charge is -2.11. The van der Waals surface area contributed by atoms with Gasteiger partial charge in [0.2, 0.25) is 0 Å². The fourth-order valence-corrected chi connectivity index (χ4v) is 4.88. The molecule has 0 atom stereocenters. The van der Waals surface area contributed by atoms with Gasteiger partial charge in [-0.15, -0.1) is 0 Å². The number of H-pyrrole nitrogens is 2. The molecule has 0 amide bonds. The zero-order valence-electron chi connectivity index (χ0n) is 18.2. The van der Waals surface area contributed by atoms with Crippen molar-refractivity contribution in [1.29, 1.82) is 0 Å². The molecular formula is C25H18Cl2FN5O2. The molecule has 6 aromatic rings. The monoisotopic (exact) mass is 509 g/mol.